The van der Waals surface area contributed by atoms with Gasteiger partial charge < -0.3 is 15.0 Å². The summed E-state index contributed by atoms with van der Waals surface area (Å²) in [5.41, 5.74) is 3.85. The molecular formula is C27H29FN2O3. The molecule has 3 rings (SSSR count). The van der Waals surface area contributed by atoms with Crippen molar-refractivity contribution >= 4 is 11.8 Å². The number of carbonyl (C=O) groups excluding carboxylic acids is 2. The highest BCUT2D eigenvalue weighted by Gasteiger charge is 2.30. The molecule has 2 amide bonds. The number of hydrogen-bond acceptors (Lipinski definition) is 3. The summed E-state index contributed by atoms with van der Waals surface area (Å²) in [5.74, 6) is -0.378. The Bertz CT molecular complexity index is 1080. The van der Waals surface area contributed by atoms with E-state index in [1.54, 1.807) is 19.2 Å². The molecule has 3 aromatic carbocycles. The van der Waals surface area contributed by atoms with Crippen LogP contribution in [0.5, 0.6) is 5.75 Å². The fourth-order valence-electron chi connectivity index (χ4n) is 3.54. The van der Waals surface area contributed by atoms with Crippen LogP contribution in [-0.4, -0.2) is 36.4 Å². The second kappa shape index (κ2) is 11.3. The van der Waals surface area contributed by atoms with Crippen LogP contribution >= 0.6 is 0 Å². The van der Waals surface area contributed by atoms with Gasteiger partial charge in [0, 0.05) is 20.0 Å². The summed E-state index contributed by atoms with van der Waals surface area (Å²) in [7, 11) is 1.55. The highest BCUT2D eigenvalue weighted by molar-refractivity contribution is 5.88. The molecule has 1 unspecified atom stereocenters. The lowest BCUT2D eigenvalue weighted by molar-refractivity contribution is -0.142. The van der Waals surface area contributed by atoms with Gasteiger partial charge in [-0.15, -0.1) is 0 Å². The molecule has 0 saturated carbocycles. The van der Waals surface area contributed by atoms with Gasteiger partial charge in [0.15, 0.2) is 6.61 Å². The van der Waals surface area contributed by atoms with E-state index in [1.807, 2.05) is 62.4 Å². The van der Waals surface area contributed by atoms with Gasteiger partial charge in [-0.1, -0.05) is 48.5 Å². The van der Waals surface area contributed by atoms with Gasteiger partial charge in [-0.25, -0.2) is 4.39 Å². The standard InChI is InChI=1S/C27H29FN2O3/c1-19-9-14-24(15-20(19)2)33-18-26(31)30(17-22-10-12-23(28)13-11-22)25(27(32)29-3)16-21-7-5-4-6-8-21/h4-15,25H,16-18H2,1-3H3,(H,29,32). The molecule has 1 N–H and O–H groups in total. The summed E-state index contributed by atoms with van der Waals surface area (Å²) >= 11 is 0. The van der Waals surface area contributed by atoms with E-state index in [4.69, 9.17) is 4.74 Å². The molecule has 0 aromatic heterocycles. The summed E-state index contributed by atoms with van der Waals surface area (Å²) in [4.78, 5) is 27.7. The minimum atomic E-state index is -0.752. The minimum Gasteiger partial charge on any atom is -0.484 e. The maximum Gasteiger partial charge on any atom is 0.261 e. The van der Waals surface area contributed by atoms with Crippen LogP contribution in [-0.2, 0) is 22.6 Å². The molecule has 0 saturated heterocycles. The quantitative estimate of drug-likeness (QED) is 0.534. The number of likely N-dealkylation sites (N-methyl/N-ethyl adjacent to an activating group) is 1. The van der Waals surface area contributed by atoms with E-state index in [0.717, 1.165) is 22.3 Å². The van der Waals surface area contributed by atoms with E-state index in [-0.39, 0.29) is 30.8 Å². The molecule has 1 atom stereocenters. The molecule has 0 heterocycles. The van der Waals surface area contributed by atoms with Gasteiger partial charge in [-0.3, -0.25) is 9.59 Å². The Labute approximate surface area is 194 Å². The van der Waals surface area contributed by atoms with Gasteiger partial charge in [0.1, 0.15) is 17.6 Å². The lowest BCUT2D eigenvalue weighted by Gasteiger charge is -2.31. The first-order valence-electron chi connectivity index (χ1n) is 10.9. The number of ether oxygens (including phenoxy) is 1. The normalized spacial score (nSPS) is 11.5. The van der Waals surface area contributed by atoms with E-state index < -0.39 is 6.04 Å². The van der Waals surface area contributed by atoms with E-state index in [0.29, 0.717) is 12.2 Å². The molecule has 0 aliphatic heterocycles. The molecule has 0 fully saturated rings. The monoisotopic (exact) mass is 448 g/mol. The first kappa shape index (κ1) is 24.0. The first-order valence-corrected chi connectivity index (χ1v) is 10.9. The molecule has 0 aliphatic rings. The van der Waals surface area contributed by atoms with Crippen LogP contribution in [0.1, 0.15) is 22.3 Å². The van der Waals surface area contributed by atoms with Crippen molar-refractivity contribution in [2.45, 2.75) is 32.9 Å². The summed E-state index contributed by atoms with van der Waals surface area (Å²) in [6.07, 6.45) is 0.344. The maximum atomic E-state index is 13.4. The zero-order valence-electron chi connectivity index (χ0n) is 19.2. The van der Waals surface area contributed by atoms with Gasteiger partial charge in [0.25, 0.3) is 5.91 Å². The Morgan fingerprint density at radius 2 is 1.64 bits per heavy atom. The number of amides is 2. The first-order chi connectivity index (χ1) is 15.9. The molecule has 172 valence electrons. The van der Waals surface area contributed by atoms with Crippen LogP contribution in [0.15, 0.2) is 72.8 Å². The number of hydrogen-bond donors (Lipinski definition) is 1. The van der Waals surface area contributed by atoms with Crippen LogP contribution in [0.25, 0.3) is 0 Å². The molecule has 5 nitrogen and oxygen atoms in total. The number of benzene rings is 3. The topological polar surface area (TPSA) is 58.6 Å². The lowest BCUT2D eigenvalue weighted by Crippen LogP contribution is -2.51. The molecule has 0 spiro atoms. The summed E-state index contributed by atoms with van der Waals surface area (Å²) in [5, 5.41) is 2.67. The van der Waals surface area contributed by atoms with Crippen molar-refractivity contribution in [2.75, 3.05) is 13.7 Å². The number of nitrogens with zero attached hydrogens (tertiary/aromatic N) is 1. The van der Waals surface area contributed by atoms with Gasteiger partial charge in [0.2, 0.25) is 5.91 Å². The van der Waals surface area contributed by atoms with Crippen molar-refractivity contribution in [3.05, 3.63) is 101 Å². The molecule has 33 heavy (non-hydrogen) atoms. The smallest absolute Gasteiger partial charge is 0.261 e. The number of halogens is 1. The predicted octanol–water partition coefficient (Wildman–Crippen LogP) is 4.21. The van der Waals surface area contributed by atoms with E-state index in [9.17, 15) is 14.0 Å². The molecule has 6 heteroatoms. The van der Waals surface area contributed by atoms with Gasteiger partial charge in [0.05, 0.1) is 0 Å². The summed E-state index contributed by atoms with van der Waals surface area (Å²) < 4.78 is 19.2. The van der Waals surface area contributed by atoms with Crippen molar-refractivity contribution in [2.24, 2.45) is 0 Å². The molecular weight excluding hydrogens is 419 g/mol. The van der Waals surface area contributed by atoms with Crippen molar-refractivity contribution in [1.82, 2.24) is 10.2 Å². The zero-order valence-corrected chi connectivity index (χ0v) is 19.2. The third-order valence-corrected chi connectivity index (χ3v) is 5.62. The summed E-state index contributed by atoms with van der Waals surface area (Å²) in [6.45, 7) is 3.92. The third-order valence-electron chi connectivity index (χ3n) is 5.62. The molecule has 0 radical (unpaired) electrons. The van der Waals surface area contributed by atoms with Gasteiger partial charge >= 0.3 is 0 Å². The largest absolute Gasteiger partial charge is 0.484 e. The minimum absolute atomic E-state index is 0.153. The van der Waals surface area contributed by atoms with Crippen LogP contribution < -0.4 is 10.1 Å². The fraction of sp³-hybridized carbons (Fsp3) is 0.259. The molecule has 0 bridgehead atoms. The number of nitrogens with one attached hydrogen (secondary N) is 1. The number of aryl methyl sites for hydroxylation is 2. The molecule has 0 aliphatic carbocycles. The highest BCUT2D eigenvalue weighted by Crippen LogP contribution is 2.18. The van der Waals surface area contributed by atoms with Crippen LogP contribution in [0, 0.1) is 19.7 Å². The van der Waals surface area contributed by atoms with Crippen molar-refractivity contribution in [3.63, 3.8) is 0 Å². The Balaban J connectivity index is 1.86. The Kier molecular flexibility index (Phi) is 8.19. The van der Waals surface area contributed by atoms with Crippen molar-refractivity contribution < 1.29 is 18.7 Å². The second-order valence-corrected chi connectivity index (χ2v) is 8.00. The lowest BCUT2D eigenvalue weighted by atomic mass is 10.0. The van der Waals surface area contributed by atoms with Crippen molar-refractivity contribution in [1.29, 1.82) is 0 Å². The highest BCUT2D eigenvalue weighted by atomic mass is 19.1. The second-order valence-electron chi connectivity index (χ2n) is 8.00. The summed E-state index contributed by atoms with van der Waals surface area (Å²) in [6, 6.07) is 20.3. The zero-order chi connectivity index (χ0) is 23.8. The predicted molar refractivity (Wildman–Crippen MR) is 126 cm³/mol. The average molecular weight is 449 g/mol. The van der Waals surface area contributed by atoms with Crippen LogP contribution in [0.4, 0.5) is 4.39 Å². The molecule has 3 aromatic rings. The Hall–Kier alpha value is -3.67. The Morgan fingerprint density at radius 1 is 0.939 bits per heavy atom. The van der Waals surface area contributed by atoms with E-state index >= 15 is 0 Å². The average Bonchev–Trinajstić information content (AvgIpc) is 2.83. The van der Waals surface area contributed by atoms with Gasteiger partial charge in [-0.2, -0.15) is 0 Å². The van der Waals surface area contributed by atoms with E-state index in [2.05, 4.69) is 5.32 Å². The Morgan fingerprint density at radius 3 is 2.27 bits per heavy atom. The van der Waals surface area contributed by atoms with Gasteiger partial charge in [-0.05, 0) is 60.4 Å². The number of carbonyl (C=O) groups is 2. The SMILES string of the molecule is CNC(=O)C(Cc1ccccc1)N(Cc1ccc(F)cc1)C(=O)COc1ccc(C)c(C)c1. The third kappa shape index (κ3) is 6.65. The van der Waals surface area contributed by atoms with E-state index in [1.165, 1.54) is 17.0 Å². The van der Waals surface area contributed by atoms with Crippen LogP contribution in [0.3, 0.4) is 0 Å². The fourth-order valence-corrected chi connectivity index (χ4v) is 3.54. The maximum absolute atomic E-state index is 13.4. The number of rotatable bonds is 9. The van der Waals surface area contributed by atoms with Crippen LogP contribution in [0.2, 0.25) is 0 Å². The van der Waals surface area contributed by atoms with Crippen molar-refractivity contribution in [3.8, 4) is 5.75 Å².